The third-order valence-corrected chi connectivity index (χ3v) is 5.02. The number of aromatic amines is 1. The van der Waals surface area contributed by atoms with Crippen molar-refractivity contribution in [1.82, 2.24) is 10.2 Å². The van der Waals surface area contributed by atoms with Crippen LogP contribution in [-0.4, -0.2) is 29.3 Å². The lowest BCUT2D eigenvalue weighted by atomic mass is 10.0. The number of hydrogen-bond donors (Lipinski definition) is 2. The number of halogens is 2. The Hall–Kier alpha value is -1.91. The van der Waals surface area contributed by atoms with Gasteiger partial charge in [-0.3, -0.25) is 5.10 Å². The lowest BCUT2D eigenvalue weighted by Gasteiger charge is -2.35. The highest BCUT2D eigenvalue weighted by Gasteiger charge is 2.21. The van der Waals surface area contributed by atoms with E-state index in [0.717, 1.165) is 48.2 Å². The Labute approximate surface area is 150 Å². The Morgan fingerprint density at radius 2 is 2.08 bits per heavy atom. The normalized spacial score (nSPS) is 18.1. The molecule has 124 valence electrons. The summed E-state index contributed by atoms with van der Waals surface area (Å²) in [7, 11) is 0. The second kappa shape index (κ2) is 6.54. The van der Waals surface area contributed by atoms with Crippen LogP contribution in [0.4, 0.5) is 11.4 Å². The van der Waals surface area contributed by atoms with Crippen molar-refractivity contribution >= 4 is 45.5 Å². The number of fused-ring (bicyclic) bond motifs is 1. The molecule has 1 unspecified atom stereocenters. The van der Waals surface area contributed by atoms with Crippen LogP contribution >= 0.6 is 23.2 Å². The molecule has 1 fully saturated rings. The molecule has 4 nitrogen and oxygen atoms in total. The van der Waals surface area contributed by atoms with E-state index >= 15 is 0 Å². The van der Waals surface area contributed by atoms with E-state index in [-0.39, 0.29) is 0 Å². The van der Waals surface area contributed by atoms with Gasteiger partial charge in [-0.1, -0.05) is 23.2 Å². The summed E-state index contributed by atoms with van der Waals surface area (Å²) >= 11 is 12.4. The van der Waals surface area contributed by atoms with Gasteiger partial charge in [0.1, 0.15) is 0 Å². The molecule has 2 N–H and O–H groups in total. The van der Waals surface area contributed by atoms with Crippen LogP contribution in [0.1, 0.15) is 12.8 Å². The molecule has 0 aliphatic carbocycles. The van der Waals surface area contributed by atoms with Crippen LogP contribution in [0.3, 0.4) is 0 Å². The van der Waals surface area contributed by atoms with E-state index in [1.54, 1.807) is 0 Å². The van der Waals surface area contributed by atoms with Crippen molar-refractivity contribution in [2.24, 2.45) is 0 Å². The van der Waals surface area contributed by atoms with E-state index in [9.17, 15) is 0 Å². The monoisotopic (exact) mass is 360 g/mol. The Kier molecular flexibility index (Phi) is 4.25. The molecule has 2 heterocycles. The molecule has 0 bridgehead atoms. The molecule has 0 radical (unpaired) electrons. The number of piperidine rings is 1. The SMILES string of the molecule is Clc1ccc(N2CCCC(Nc3ccc4cn[nH]c4c3)C2)c(Cl)c1. The summed E-state index contributed by atoms with van der Waals surface area (Å²) in [4.78, 5) is 2.33. The van der Waals surface area contributed by atoms with E-state index in [0.29, 0.717) is 16.1 Å². The van der Waals surface area contributed by atoms with Crippen LogP contribution in [0.15, 0.2) is 42.6 Å². The maximum absolute atomic E-state index is 6.37. The standard InChI is InChI=1S/C18H18Cl2N4/c19-13-4-6-18(16(20)8-13)24-7-1-2-15(11-24)22-14-5-3-12-10-21-23-17(12)9-14/h3-6,8-10,15,22H,1-2,7,11H2,(H,21,23). The summed E-state index contributed by atoms with van der Waals surface area (Å²) in [5, 5.41) is 13.2. The molecule has 1 aromatic heterocycles. The van der Waals surface area contributed by atoms with Crippen LogP contribution in [0.2, 0.25) is 10.0 Å². The second-order valence-corrected chi connectivity index (χ2v) is 7.04. The summed E-state index contributed by atoms with van der Waals surface area (Å²) in [5.41, 5.74) is 3.21. The number of H-pyrrole nitrogens is 1. The zero-order valence-corrected chi connectivity index (χ0v) is 14.6. The first-order chi connectivity index (χ1) is 11.7. The predicted molar refractivity (Wildman–Crippen MR) is 101 cm³/mol. The molecule has 2 aromatic carbocycles. The molecule has 0 amide bonds. The maximum Gasteiger partial charge on any atom is 0.0670 e. The number of nitrogens with one attached hydrogen (secondary N) is 2. The topological polar surface area (TPSA) is 44.0 Å². The average Bonchev–Trinajstić information content (AvgIpc) is 3.03. The molecular formula is C18H18Cl2N4. The van der Waals surface area contributed by atoms with Gasteiger partial charge in [-0.2, -0.15) is 5.10 Å². The Balaban J connectivity index is 1.50. The molecule has 6 heteroatoms. The molecule has 1 saturated heterocycles. The van der Waals surface area contributed by atoms with Crippen molar-refractivity contribution in [3.63, 3.8) is 0 Å². The molecule has 4 rings (SSSR count). The van der Waals surface area contributed by atoms with Gasteiger partial charge in [-0.25, -0.2) is 0 Å². The highest BCUT2D eigenvalue weighted by molar-refractivity contribution is 6.36. The third-order valence-electron chi connectivity index (χ3n) is 4.48. The van der Waals surface area contributed by atoms with Gasteiger partial charge < -0.3 is 10.2 Å². The fraction of sp³-hybridized carbons (Fsp3) is 0.278. The van der Waals surface area contributed by atoms with Gasteiger partial charge in [0, 0.05) is 35.2 Å². The minimum atomic E-state index is 0.380. The molecule has 1 aliphatic heterocycles. The van der Waals surface area contributed by atoms with Crippen LogP contribution < -0.4 is 10.2 Å². The molecular weight excluding hydrogens is 343 g/mol. The van der Waals surface area contributed by atoms with Crippen molar-refractivity contribution in [3.8, 4) is 0 Å². The van der Waals surface area contributed by atoms with Crippen LogP contribution in [0, 0.1) is 0 Å². The maximum atomic E-state index is 6.37. The van der Waals surface area contributed by atoms with E-state index < -0.39 is 0 Å². The molecule has 0 saturated carbocycles. The highest BCUT2D eigenvalue weighted by atomic mass is 35.5. The van der Waals surface area contributed by atoms with Crippen molar-refractivity contribution in [1.29, 1.82) is 0 Å². The zero-order valence-electron chi connectivity index (χ0n) is 13.1. The van der Waals surface area contributed by atoms with Gasteiger partial charge in [0.25, 0.3) is 0 Å². The largest absolute Gasteiger partial charge is 0.380 e. The van der Waals surface area contributed by atoms with Crippen LogP contribution in [0.25, 0.3) is 10.9 Å². The fourth-order valence-corrected chi connectivity index (χ4v) is 3.84. The van der Waals surface area contributed by atoms with Crippen molar-refractivity contribution in [2.45, 2.75) is 18.9 Å². The van der Waals surface area contributed by atoms with Gasteiger partial charge in [-0.15, -0.1) is 0 Å². The van der Waals surface area contributed by atoms with Crippen molar-refractivity contribution in [3.05, 3.63) is 52.6 Å². The Bertz CT molecular complexity index is 861. The van der Waals surface area contributed by atoms with Gasteiger partial charge >= 0.3 is 0 Å². The summed E-state index contributed by atoms with van der Waals surface area (Å²) in [5.74, 6) is 0. The van der Waals surface area contributed by atoms with Gasteiger partial charge in [0.2, 0.25) is 0 Å². The average molecular weight is 361 g/mol. The number of anilines is 2. The van der Waals surface area contributed by atoms with Crippen LogP contribution in [0.5, 0.6) is 0 Å². The summed E-state index contributed by atoms with van der Waals surface area (Å²) in [6.45, 7) is 1.93. The fourth-order valence-electron chi connectivity index (χ4n) is 3.31. The zero-order chi connectivity index (χ0) is 16.5. The lowest BCUT2D eigenvalue weighted by molar-refractivity contribution is 0.530. The number of hydrogen-bond acceptors (Lipinski definition) is 3. The Morgan fingerprint density at radius 3 is 2.96 bits per heavy atom. The van der Waals surface area contributed by atoms with Crippen LogP contribution in [-0.2, 0) is 0 Å². The first kappa shape index (κ1) is 15.6. The van der Waals surface area contributed by atoms with E-state index in [1.165, 1.54) is 0 Å². The van der Waals surface area contributed by atoms with Crippen molar-refractivity contribution in [2.75, 3.05) is 23.3 Å². The van der Waals surface area contributed by atoms with Gasteiger partial charge in [-0.05, 0) is 49.2 Å². The predicted octanol–water partition coefficient (Wildman–Crippen LogP) is 4.95. The first-order valence-electron chi connectivity index (χ1n) is 8.09. The molecule has 1 aliphatic rings. The number of aromatic nitrogens is 2. The number of benzene rings is 2. The van der Waals surface area contributed by atoms with E-state index in [2.05, 4.69) is 38.6 Å². The number of nitrogens with zero attached hydrogens (tertiary/aromatic N) is 2. The lowest BCUT2D eigenvalue weighted by Crippen LogP contribution is -2.42. The Morgan fingerprint density at radius 1 is 1.17 bits per heavy atom. The summed E-state index contributed by atoms with van der Waals surface area (Å²) in [6, 6.07) is 12.4. The second-order valence-electron chi connectivity index (χ2n) is 6.20. The van der Waals surface area contributed by atoms with Crippen molar-refractivity contribution < 1.29 is 0 Å². The van der Waals surface area contributed by atoms with Gasteiger partial charge in [0.05, 0.1) is 22.4 Å². The summed E-state index contributed by atoms with van der Waals surface area (Å²) < 4.78 is 0. The quantitative estimate of drug-likeness (QED) is 0.694. The molecule has 24 heavy (non-hydrogen) atoms. The highest BCUT2D eigenvalue weighted by Crippen LogP contribution is 2.31. The minimum absolute atomic E-state index is 0.380. The summed E-state index contributed by atoms with van der Waals surface area (Å²) in [6.07, 6.45) is 4.11. The molecule has 3 aromatic rings. The molecule has 0 spiro atoms. The third kappa shape index (κ3) is 3.17. The number of rotatable bonds is 3. The van der Waals surface area contributed by atoms with Gasteiger partial charge in [0.15, 0.2) is 0 Å². The first-order valence-corrected chi connectivity index (χ1v) is 8.84. The van der Waals surface area contributed by atoms with E-state index in [4.69, 9.17) is 23.2 Å². The van der Waals surface area contributed by atoms with E-state index in [1.807, 2.05) is 24.4 Å². The minimum Gasteiger partial charge on any atom is -0.380 e. The smallest absolute Gasteiger partial charge is 0.0670 e. The molecule has 1 atom stereocenters.